The van der Waals surface area contributed by atoms with Gasteiger partial charge in [-0.05, 0) is 36.5 Å². The molecule has 1 aromatic rings. The smallest absolute Gasteiger partial charge is 0.190 e. The predicted octanol–water partition coefficient (Wildman–Crippen LogP) is 2.20. The summed E-state index contributed by atoms with van der Waals surface area (Å²) in [6.45, 7) is 1.91. The Hall–Kier alpha value is -1.71. The zero-order valence-electron chi connectivity index (χ0n) is 12.5. The van der Waals surface area contributed by atoms with Crippen molar-refractivity contribution >= 4 is 5.96 Å². The number of ether oxygens (including phenoxy) is 1. The van der Waals surface area contributed by atoms with Gasteiger partial charge in [-0.15, -0.1) is 0 Å². The van der Waals surface area contributed by atoms with E-state index >= 15 is 0 Å². The maximum absolute atomic E-state index is 5.15. The van der Waals surface area contributed by atoms with Crippen molar-refractivity contribution in [1.82, 2.24) is 10.6 Å². The van der Waals surface area contributed by atoms with Crippen molar-refractivity contribution < 1.29 is 4.74 Å². The van der Waals surface area contributed by atoms with Crippen LogP contribution in [-0.4, -0.2) is 33.2 Å². The molecule has 4 nitrogen and oxygen atoms in total. The van der Waals surface area contributed by atoms with Crippen LogP contribution in [0, 0.1) is 5.92 Å². The molecule has 0 unspecified atom stereocenters. The van der Waals surface area contributed by atoms with E-state index in [4.69, 9.17) is 4.74 Å². The lowest BCUT2D eigenvalue weighted by Crippen LogP contribution is -2.38. The Kier molecular flexibility index (Phi) is 5.71. The Labute approximate surface area is 121 Å². The number of hydrogen-bond acceptors (Lipinski definition) is 2. The third-order valence-corrected chi connectivity index (χ3v) is 3.63. The van der Waals surface area contributed by atoms with Gasteiger partial charge >= 0.3 is 0 Å². The number of nitrogens with one attached hydrogen (secondary N) is 2. The first kappa shape index (κ1) is 14.7. The van der Waals surface area contributed by atoms with E-state index in [2.05, 4.69) is 27.8 Å². The summed E-state index contributed by atoms with van der Waals surface area (Å²) in [5, 5.41) is 6.71. The molecule has 20 heavy (non-hydrogen) atoms. The van der Waals surface area contributed by atoms with Gasteiger partial charge in [-0.25, -0.2) is 0 Å². The van der Waals surface area contributed by atoms with Crippen LogP contribution in [0.1, 0.15) is 24.8 Å². The molecule has 0 amide bonds. The summed E-state index contributed by atoms with van der Waals surface area (Å²) in [4.78, 5) is 4.24. The summed E-state index contributed by atoms with van der Waals surface area (Å²) in [5.74, 6) is 2.76. The molecule has 110 valence electrons. The number of rotatable bonds is 7. The monoisotopic (exact) mass is 275 g/mol. The minimum Gasteiger partial charge on any atom is -0.497 e. The number of aliphatic imine (C=N–C) groups is 1. The highest BCUT2D eigenvalue weighted by Crippen LogP contribution is 2.31. The van der Waals surface area contributed by atoms with Gasteiger partial charge in [-0.2, -0.15) is 0 Å². The Bertz CT molecular complexity index is 424. The molecular formula is C16H25N3O. The van der Waals surface area contributed by atoms with Crippen LogP contribution >= 0.6 is 0 Å². The molecule has 0 bridgehead atoms. The maximum atomic E-state index is 5.15. The highest BCUT2D eigenvalue weighted by Gasteiger charge is 2.20. The summed E-state index contributed by atoms with van der Waals surface area (Å²) < 4.78 is 5.15. The molecule has 0 aromatic heterocycles. The maximum Gasteiger partial charge on any atom is 0.190 e. The summed E-state index contributed by atoms with van der Waals surface area (Å²) >= 11 is 0. The van der Waals surface area contributed by atoms with Crippen molar-refractivity contribution in [2.75, 3.05) is 27.2 Å². The van der Waals surface area contributed by atoms with Crippen molar-refractivity contribution in [1.29, 1.82) is 0 Å². The lowest BCUT2D eigenvalue weighted by Gasteiger charge is -2.11. The molecule has 0 saturated heterocycles. The standard InChI is InChI=1S/C16H25N3O/c1-17-16(18-11-9-13-3-4-13)19-12-10-14-5-7-15(20-2)8-6-14/h5-8,13H,3-4,9-12H2,1-2H3,(H2,17,18,19). The molecular weight excluding hydrogens is 250 g/mol. The second-order valence-electron chi connectivity index (χ2n) is 5.26. The summed E-state index contributed by atoms with van der Waals surface area (Å²) in [6, 6.07) is 8.20. The molecule has 1 aliphatic carbocycles. The summed E-state index contributed by atoms with van der Waals surface area (Å²) in [5.41, 5.74) is 1.30. The molecule has 0 spiro atoms. The van der Waals surface area contributed by atoms with Gasteiger partial charge in [0.2, 0.25) is 0 Å². The van der Waals surface area contributed by atoms with Gasteiger partial charge in [-0.3, -0.25) is 4.99 Å². The van der Waals surface area contributed by atoms with Gasteiger partial charge in [0.25, 0.3) is 0 Å². The second-order valence-corrected chi connectivity index (χ2v) is 5.26. The van der Waals surface area contributed by atoms with Gasteiger partial charge in [0.05, 0.1) is 7.11 Å². The van der Waals surface area contributed by atoms with Crippen molar-refractivity contribution in [2.24, 2.45) is 10.9 Å². The van der Waals surface area contributed by atoms with Gasteiger partial charge in [0.1, 0.15) is 5.75 Å². The Morgan fingerprint density at radius 3 is 2.50 bits per heavy atom. The molecule has 2 rings (SSSR count). The molecule has 0 heterocycles. The topological polar surface area (TPSA) is 45.7 Å². The summed E-state index contributed by atoms with van der Waals surface area (Å²) in [6.07, 6.45) is 5.06. The van der Waals surface area contributed by atoms with Crippen LogP contribution in [-0.2, 0) is 6.42 Å². The Balaban J connectivity index is 1.64. The Morgan fingerprint density at radius 2 is 1.90 bits per heavy atom. The molecule has 0 aliphatic heterocycles. The zero-order chi connectivity index (χ0) is 14.2. The number of benzene rings is 1. The van der Waals surface area contributed by atoms with Crippen molar-refractivity contribution in [3.63, 3.8) is 0 Å². The highest BCUT2D eigenvalue weighted by molar-refractivity contribution is 5.79. The normalized spacial score (nSPS) is 15.0. The van der Waals surface area contributed by atoms with Gasteiger partial charge in [0, 0.05) is 20.1 Å². The molecule has 2 N–H and O–H groups in total. The number of hydrogen-bond donors (Lipinski definition) is 2. The fourth-order valence-corrected chi connectivity index (χ4v) is 2.14. The molecule has 1 aliphatic rings. The highest BCUT2D eigenvalue weighted by atomic mass is 16.5. The van der Waals surface area contributed by atoms with Crippen LogP contribution in [0.25, 0.3) is 0 Å². The minimum absolute atomic E-state index is 0.884. The van der Waals surface area contributed by atoms with E-state index < -0.39 is 0 Å². The van der Waals surface area contributed by atoms with Gasteiger partial charge in [-0.1, -0.05) is 25.0 Å². The van der Waals surface area contributed by atoms with Crippen LogP contribution in [0.3, 0.4) is 0 Å². The number of guanidine groups is 1. The van der Waals surface area contributed by atoms with Crippen LogP contribution in [0.5, 0.6) is 5.75 Å². The van der Waals surface area contributed by atoms with Gasteiger partial charge in [0.15, 0.2) is 5.96 Å². The second kappa shape index (κ2) is 7.78. The van der Waals surface area contributed by atoms with Crippen LogP contribution in [0.2, 0.25) is 0 Å². The first-order valence-electron chi connectivity index (χ1n) is 7.39. The minimum atomic E-state index is 0.884. The third-order valence-electron chi connectivity index (χ3n) is 3.63. The molecule has 4 heteroatoms. The third kappa shape index (κ3) is 5.11. The lowest BCUT2D eigenvalue weighted by molar-refractivity contribution is 0.414. The predicted molar refractivity (Wildman–Crippen MR) is 83.4 cm³/mol. The fraction of sp³-hybridized carbons (Fsp3) is 0.562. The van der Waals surface area contributed by atoms with Crippen molar-refractivity contribution in [3.05, 3.63) is 29.8 Å². The van der Waals surface area contributed by atoms with Crippen LogP contribution < -0.4 is 15.4 Å². The molecule has 1 saturated carbocycles. The van der Waals surface area contributed by atoms with E-state index in [9.17, 15) is 0 Å². The average molecular weight is 275 g/mol. The van der Waals surface area contributed by atoms with E-state index in [1.165, 1.54) is 24.8 Å². The summed E-state index contributed by atoms with van der Waals surface area (Å²) in [7, 11) is 3.51. The van der Waals surface area contributed by atoms with E-state index in [-0.39, 0.29) is 0 Å². The van der Waals surface area contributed by atoms with Crippen LogP contribution in [0.15, 0.2) is 29.3 Å². The first-order valence-corrected chi connectivity index (χ1v) is 7.39. The number of nitrogens with zero attached hydrogens (tertiary/aromatic N) is 1. The fourth-order valence-electron chi connectivity index (χ4n) is 2.14. The lowest BCUT2D eigenvalue weighted by atomic mass is 10.1. The molecule has 0 radical (unpaired) electrons. The first-order chi connectivity index (χ1) is 9.81. The van der Waals surface area contributed by atoms with E-state index in [1.807, 2.05) is 19.2 Å². The molecule has 1 fully saturated rings. The number of methoxy groups -OCH3 is 1. The SMILES string of the molecule is CN=C(NCCc1ccc(OC)cc1)NCCC1CC1. The van der Waals surface area contributed by atoms with E-state index in [0.717, 1.165) is 37.1 Å². The largest absolute Gasteiger partial charge is 0.497 e. The van der Waals surface area contributed by atoms with E-state index in [1.54, 1.807) is 7.11 Å². The zero-order valence-corrected chi connectivity index (χ0v) is 12.5. The molecule has 1 aromatic carbocycles. The quantitative estimate of drug-likeness (QED) is 0.592. The van der Waals surface area contributed by atoms with E-state index in [0.29, 0.717) is 0 Å². The van der Waals surface area contributed by atoms with Gasteiger partial charge < -0.3 is 15.4 Å². The van der Waals surface area contributed by atoms with Crippen molar-refractivity contribution in [3.8, 4) is 5.75 Å². The van der Waals surface area contributed by atoms with Crippen molar-refractivity contribution in [2.45, 2.75) is 25.7 Å². The molecule has 0 atom stereocenters. The average Bonchev–Trinajstić information content (AvgIpc) is 3.30. The Morgan fingerprint density at radius 1 is 1.20 bits per heavy atom. The van der Waals surface area contributed by atoms with Crippen LogP contribution in [0.4, 0.5) is 0 Å².